The van der Waals surface area contributed by atoms with Crippen LogP contribution in [0.25, 0.3) is 0 Å². The highest BCUT2D eigenvalue weighted by Gasteiger charge is 2.30. The Labute approximate surface area is 166 Å². The van der Waals surface area contributed by atoms with Gasteiger partial charge in [0.1, 0.15) is 17.2 Å². The zero-order chi connectivity index (χ0) is 20.4. The molecule has 1 saturated heterocycles. The second-order valence-corrected chi connectivity index (χ2v) is 8.59. The van der Waals surface area contributed by atoms with Gasteiger partial charge in [-0.15, -0.1) is 0 Å². The topological polar surface area (TPSA) is 49.9 Å². The molecule has 0 unspecified atom stereocenters. The Hall–Kier alpha value is -1.70. The highest BCUT2D eigenvalue weighted by Crippen LogP contribution is 2.22. The van der Waals surface area contributed by atoms with Crippen LogP contribution in [-0.4, -0.2) is 53.6 Å². The molecule has 0 atom stereocenters. The molecule has 2 amide bonds. The largest absolute Gasteiger partial charge is 0.444 e. The molecule has 2 rings (SSSR count). The molecule has 1 fully saturated rings. The predicted octanol–water partition coefficient (Wildman–Crippen LogP) is 4.13. The Bertz CT molecular complexity index is 714. The van der Waals surface area contributed by atoms with Crippen molar-refractivity contribution in [2.45, 2.75) is 51.7 Å². The molecular weight excluding hydrogens is 422 g/mol. The van der Waals surface area contributed by atoms with Gasteiger partial charge in [-0.1, -0.05) is 0 Å². The number of piperidine rings is 1. The van der Waals surface area contributed by atoms with Crippen molar-refractivity contribution in [1.82, 2.24) is 9.80 Å². The first kappa shape index (κ1) is 21.6. The quantitative estimate of drug-likeness (QED) is 0.655. The average Bonchev–Trinajstić information content (AvgIpc) is 2.57. The summed E-state index contributed by atoms with van der Waals surface area (Å²) in [4.78, 5) is 27.8. The van der Waals surface area contributed by atoms with E-state index in [0.29, 0.717) is 25.9 Å². The first-order valence-corrected chi connectivity index (χ1v) is 9.64. The van der Waals surface area contributed by atoms with E-state index in [-0.39, 0.29) is 34.5 Å². The zero-order valence-electron chi connectivity index (χ0n) is 16.0. The highest BCUT2D eigenvalue weighted by atomic mass is 79.9. The molecule has 1 aromatic carbocycles. The number of halogens is 3. The Morgan fingerprint density at radius 1 is 1.22 bits per heavy atom. The lowest BCUT2D eigenvalue weighted by Crippen LogP contribution is -2.48. The van der Waals surface area contributed by atoms with Crippen LogP contribution in [0.2, 0.25) is 0 Å². The van der Waals surface area contributed by atoms with Crippen molar-refractivity contribution in [2.24, 2.45) is 0 Å². The zero-order valence-corrected chi connectivity index (χ0v) is 17.6. The SMILES string of the molecule is CN(C(=O)OC(C)(C)C)C1CCN(C(=O)Cc2cc(F)c(Br)cc2F)CC1. The summed E-state index contributed by atoms with van der Waals surface area (Å²) in [5, 5.41) is 0. The van der Waals surface area contributed by atoms with Crippen LogP contribution in [0.3, 0.4) is 0 Å². The van der Waals surface area contributed by atoms with E-state index in [1.165, 1.54) is 0 Å². The second-order valence-electron chi connectivity index (χ2n) is 7.74. The highest BCUT2D eigenvalue weighted by molar-refractivity contribution is 9.10. The molecule has 0 radical (unpaired) electrons. The number of ether oxygens (including phenoxy) is 1. The number of carbonyl (C=O) groups is 2. The van der Waals surface area contributed by atoms with Gasteiger partial charge < -0.3 is 14.5 Å². The first-order valence-electron chi connectivity index (χ1n) is 8.85. The number of hydrogen-bond donors (Lipinski definition) is 0. The number of carbonyl (C=O) groups excluding carboxylic acids is 2. The van der Waals surface area contributed by atoms with Crippen molar-refractivity contribution in [1.29, 1.82) is 0 Å². The van der Waals surface area contributed by atoms with Gasteiger partial charge in [0.05, 0.1) is 10.9 Å². The summed E-state index contributed by atoms with van der Waals surface area (Å²) in [5.74, 6) is -1.47. The maximum atomic E-state index is 13.9. The van der Waals surface area contributed by atoms with E-state index >= 15 is 0 Å². The van der Waals surface area contributed by atoms with Crippen LogP contribution in [0, 0.1) is 11.6 Å². The van der Waals surface area contributed by atoms with E-state index in [9.17, 15) is 18.4 Å². The van der Waals surface area contributed by atoms with Gasteiger partial charge in [-0.25, -0.2) is 13.6 Å². The van der Waals surface area contributed by atoms with Crippen molar-refractivity contribution in [3.63, 3.8) is 0 Å². The molecule has 1 aliphatic heterocycles. The third kappa shape index (κ3) is 5.89. The fourth-order valence-corrected chi connectivity index (χ4v) is 3.27. The minimum Gasteiger partial charge on any atom is -0.444 e. The van der Waals surface area contributed by atoms with Gasteiger partial charge in [-0.2, -0.15) is 0 Å². The standard InChI is InChI=1S/C19H25BrF2N2O3/c1-19(2,3)27-18(26)23(4)13-5-7-24(8-6-13)17(25)10-12-9-16(22)14(20)11-15(12)21/h9,11,13H,5-8,10H2,1-4H3. The number of nitrogens with zero attached hydrogens (tertiary/aromatic N) is 2. The minimum atomic E-state index is -0.615. The predicted molar refractivity (Wildman–Crippen MR) is 101 cm³/mol. The molecule has 1 aromatic rings. The van der Waals surface area contributed by atoms with Crippen molar-refractivity contribution in [3.05, 3.63) is 33.8 Å². The van der Waals surface area contributed by atoms with E-state index in [0.717, 1.165) is 12.1 Å². The van der Waals surface area contributed by atoms with Crippen LogP contribution in [0.5, 0.6) is 0 Å². The summed E-state index contributed by atoms with van der Waals surface area (Å²) in [5.41, 5.74) is -0.528. The van der Waals surface area contributed by atoms with E-state index in [1.54, 1.807) is 16.8 Å². The average molecular weight is 447 g/mol. The summed E-state index contributed by atoms with van der Waals surface area (Å²) in [6.07, 6.45) is 0.639. The second kappa shape index (κ2) is 8.54. The van der Waals surface area contributed by atoms with Crippen molar-refractivity contribution in [2.75, 3.05) is 20.1 Å². The Morgan fingerprint density at radius 3 is 2.37 bits per heavy atom. The summed E-state index contributed by atoms with van der Waals surface area (Å²) in [6.45, 7) is 6.34. The van der Waals surface area contributed by atoms with Crippen molar-refractivity contribution in [3.8, 4) is 0 Å². The number of rotatable bonds is 3. The first-order chi connectivity index (χ1) is 12.5. The van der Waals surface area contributed by atoms with Crippen molar-refractivity contribution >= 4 is 27.9 Å². The lowest BCUT2D eigenvalue weighted by atomic mass is 10.0. The van der Waals surface area contributed by atoms with Crippen LogP contribution in [0.4, 0.5) is 13.6 Å². The van der Waals surface area contributed by atoms with Gasteiger partial charge in [0.15, 0.2) is 0 Å². The summed E-state index contributed by atoms with van der Waals surface area (Å²) < 4.78 is 32.9. The smallest absolute Gasteiger partial charge is 0.410 e. The van der Waals surface area contributed by atoms with Crippen LogP contribution in [0.1, 0.15) is 39.2 Å². The molecule has 0 N–H and O–H groups in total. The van der Waals surface area contributed by atoms with E-state index in [4.69, 9.17) is 4.74 Å². The van der Waals surface area contributed by atoms with E-state index < -0.39 is 17.2 Å². The van der Waals surface area contributed by atoms with Crippen LogP contribution in [0.15, 0.2) is 16.6 Å². The molecule has 27 heavy (non-hydrogen) atoms. The molecule has 5 nitrogen and oxygen atoms in total. The molecule has 0 saturated carbocycles. The summed E-state index contributed by atoms with van der Waals surface area (Å²) >= 11 is 2.92. The van der Waals surface area contributed by atoms with Crippen LogP contribution >= 0.6 is 15.9 Å². The molecule has 1 aliphatic rings. The van der Waals surface area contributed by atoms with Crippen molar-refractivity contribution < 1.29 is 23.1 Å². The number of likely N-dealkylation sites (tertiary alicyclic amines) is 1. The summed E-state index contributed by atoms with van der Waals surface area (Å²) in [7, 11) is 1.69. The molecular formula is C19H25BrF2N2O3. The fraction of sp³-hybridized carbons (Fsp3) is 0.579. The monoisotopic (exact) mass is 446 g/mol. The lowest BCUT2D eigenvalue weighted by molar-refractivity contribution is -0.131. The van der Waals surface area contributed by atoms with E-state index in [1.807, 2.05) is 20.8 Å². The fourth-order valence-electron chi connectivity index (χ4n) is 2.96. The Kier molecular flexibility index (Phi) is 6.83. The number of amides is 2. The summed E-state index contributed by atoms with van der Waals surface area (Å²) in [6, 6.07) is 2.05. The van der Waals surface area contributed by atoms with Gasteiger partial charge in [0, 0.05) is 31.7 Å². The lowest BCUT2D eigenvalue weighted by Gasteiger charge is -2.37. The maximum absolute atomic E-state index is 13.9. The van der Waals surface area contributed by atoms with E-state index in [2.05, 4.69) is 15.9 Å². The molecule has 0 aromatic heterocycles. The van der Waals surface area contributed by atoms with Gasteiger partial charge in [-0.05, 0) is 61.7 Å². The number of benzene rings is 1. The minimum absolute atomic E-state index is 0.0224. The van der Waals surface area contributed by atoms with Gasteiger partial charge in [0.25, 0.3) is 0 Å². The normalized spacial score (nSPS) is 15.6. The van der Waals surface area contributed by atoms with Crippen LogP contribution in [-0.2, 0) is 16.0 Å². The molecule has 8 heteroatoms. The third-order valence-electron chi connectivity index (χ3n) is 4.48. The third-order valence-corrected chi connectivity index (χ3v) is 5.09. The molecule has 0 bridgehead atoms. The molecule has 150 valence electrons. The maximum Gasteiger partial charge on any atom is 0.410 e. The molecule has 1 heterocycles. The van der Waals surface area contributed by atoms with Gasteiger partial charge in [0.2, 0.25) is 5.91 Å². The Morgan fingerprint density at radius 2 is 1.81 bits per heavy atom. The van der Waals surface area contributed by atoms with Crippen LogP contribution < -0.4 is 0 Å². The van der Waals surface area contributed by atoms with Gasteiger partial charge in [-0.3, -0.25) is 4.79 Å². The molecule has 0 aliphatic carbocycles. The number of hydrogen-bond acceptors (Lipinski definition) is 3. The van der Waals surface area contributed by atoms with Gasteiger partial charge >= 0.3 is 6.09 Å². The Balaban J connectivity index is 1.91. The molecule has 0 spiro atoms.